The Morgan fingerprint density at radius 1 is 1.31 bits per heavy atom. The number of hydrogen-bond donors (Lipinski definition) is 1. The molecule has 1 rings (SSSR count). The van der Waals surface area contributed by atoms with Crippen molar-refractivity contribution in [2.75, 3.05) is 7.11 Å². The van der Waals surface area contributed by atoms with Crippen molar-refractivity contribution >= 4 is 17.9 Å². The second kappa shape index (κ2) is 7.45. The van der Waals surface area contributed by atoms with Crippen molar-refractivity contribution in [1.29, 1.82) is 0 Å². The van der Waals surface area contributed by atoms with Crippen LogP contribution in [0.3, 0.4) is 0 Å². The molecular weight excluding hydrogens is 206 g/mol. The summed E-state index contributed by atoms with van der Waals surface area (Å²) in [5, 5.41) is 8.55. The van der Waals surface area contributed by atoms with E-state index in [2.05, 4.69) is 0 Å². The number of hydrogen-bond acceptors (Lipinski definition) is 2. The maximum absolute atomic E-state index is 10.4. The molecule has 0 atom stereocenters. The minimum atomic E-state index is -1.05. The second-order valence-corrected chi connectivity index (χ2v) is 2.81. The minimum absolute atomic E-state index is 0.681. The number of benzene rings is 1. The Labute approximate surface area is 95.8 Å². The molecule has 0 aromatic heterocycles. The van der Waals surface area contributed by atoms with E-state index in [1.807, 2.05) is 32.9 Å². The topological polar surface area (TPSA) is 49.5 Å². The highest BCUT2D eigenvalue weighted by Crippen LogP contribution is 2.11. The molecule has 88 valence electrons. The van der Waals surface area contributed by atoms with E-state index in [0.29, 0.717) is 5.69 Å². The van der Waals surface area contributed by atoms with E-state index in [1.54, 1.807) is 12.1 Å². The van der Waals surface area contributed by atoms with Crippen molar-refractivity contribution in [2.24, 2.45) is 0 Å². The van der Waals surface area contributed by atoms with Gasteiger partial charge in [-0.05, 0) is 6.92 Å². The van der Waals surface area contributed by atoms with Gasteiger partial charge in [0.15, 0.2) is 0 Å². The highest BCUT2D eigenvalue weighted by molar-refractivity contribution is 6.19. The van der Waals surface area contributed by atoms with Crippen LogP contribution in [0.1, 0.15) is 19.4 Å². The molecule has 0 radical (unpaired) electrons. The summed E-state index contributed by atoms with van der Waals surface area (Å²) in [4.78, 5) is 15.3. The number of carbonyl (C=O) groups is 1. The number of aryl methyl sites for hydroxylation is 1. The molecule has 4 nitrogen and oxygen atoms in total. The molecule has 1 N–H and O–H groups in total. The largest absolute Gasteiger partial charge is 0.474 e. The van der Waals surface area contributed by atoms with Crippen LogP contribution < -0.4 is 0 Å². The Morgan fingerprint density at radius 2 is 1.81 bits per heavy atom. The summed E-state index contributed by atoms with van der Waals surface area (Å²) < 4.78 is 1.20. The van der Waals surface area contributed by atoms with Gasteiger partial charge in [-0.1, -0.05) is 31.5 Å². The van der Waals surface area contributed by atoms with Crippen LogP contribution in [0.25, 0.3) is 0 Å². The number of nitrogens with zero attached hydrogens (tertiary/aromatic N) is 1. The molecule has 0 spiro atoms. The summed E-state index contributed by atoms with van der Waals surface area (Å²) in [5.41, 5.74) is 1.79. The predicted octanol–water partition coefficient (Wildman–Crippen LogP) is 2.38. The zero-order valence-electron chi connectivity index (χ0n) is 10.1. The zero-order chi connectivity index (χ0) is 12.6. The van der Waals surface area contributed by atoms with Crippen LogP contribution in [0.2, 0.25) is 0 Å². The molecule has 0 unspecified atom stereocenters. The summed E-state index contributed by atoms with van der Waals surface area (Å²) in [6.07, 6.45) is 0.963. The third kappa shape index (κ3) is 4.59. The molecule has 0 aliphatic rings. The maximum Gasteiger partial charge on any atom is 0.398 e. The van der Waals surface area contributed by atoms with Crippen molar-refractivity contribution in [3.8, 4) is 0 Å². The molecule has 1 aromatic carbocycles. The van der Waals surface area contributed by atoms with E-state index in [9.17, 15) is 4.79 Å². The molecular formula is C12H18NO3+. The Hall–Kier alpha value is -1.84. The molecule has 1 aromatic rings. The number of carboxylic acid groups (broad SMARTS) is 1. The fourth-order valence-electron chi connectivity index (χ4n) is 1.02. The summed E-state index contributed by atoms with van der Waals surface area (Å²) in [6, 6.07) is 7.35. The summed E-state index contributed by atoms with van der Waals surface area (Å²) in [6.45, 7) is 5.96. The minimum Gasteiger partial charge on any atom is -0.474 e. The summed E-state index contributed by atoms with van der Waals surface area (Å²) in [7, 11) is 1.42. The van der Waals surface area contributed by atoms with E-state index >= 15 is 0 Å². The Balaban J connectivity index is 0.00000106. The van der Waals surface area contributed by atoms with E-state index in [4.69, 9.17) is 9.94 Å². The molecule has 4 heteroatoms. The third-order valence-corrected chi connectivity index (χ3v) is 1.71. The van der Waals surface area contributed by atoms with E-state index in [1.165, 1.54) is 11.8 Å². The summed E-state index contributed by atoms with van der Waals surface area (Å²) >= 11 is 0. The van der Waals surface area contributed by atoms with Crippen molar-refractivity contribution in [2.45, 2.75) is 20.8 Å². The zero-order valence-corrected chi connectivity index (χ0v) is 10.1. The van der Waals surface area contributed by atoms with Gasteiger partial charge in [-0.3, -0.25) is 4.84 Å². The van der Waals surface area contributed by atoms with Gasteiger partial charge in [0.25, 0.3) is 5.69 Å². The highest BCUT2D eigenvalue weighted by atomic mass is 16.7. The predicted molar refractivity (Wildman–Crippen MR) is 63.2 cm³/mol. The fraction of sp³-hybridized carbons (Fsp3) is 0.333. The molecule has 0 aliphatic carbocycles. The van der Waals surface area contributed by atoms with Gasteiger partial charge in [-0.2, -0.15) is 0 Å². The third-order valence-electron chi connectivity index (χ3n) is 1.71. The highest BCUT2D eigenvalue weighted by Gasteiger charge is 2.11. The molecule has 0 saturated carbocycles. The molecule has 0 fully saturated rings. The van der Waals surface area contributed by atoms with Crippen LogP contribution in [-0.4, -0.2) is 29.1 Å². The first-order valence-electron chi connectivity index (χ1n) is 5.11. The number of carboxylic acids is 1. The maximum atomic E-state index is 10.4. The van der Waals surface area contributed by atoms with E-state index in [0.717, 1.165) is 11.8 Å². The van der Waals surface area contributed by atoms with Crippen LogP contribution in [0, 0.1) is 6.92 Å². The Morgan fingerprint density at radius 3 is 2.19 bits per heavy atom. The molecule has 16 heavy (non-hydrogen) atoms. The molecule has 0 aliphatic heterocycles. The quantitative estimate of drug-likeness (QED) is 0.487. The second-order valence-electron chi connectivity index (χ2n) is 2.81. The van der Waals surface area contributed by atoms with Crippen LogP contribution in [-0.2, 0) is 9.63 Å². The van der Waals surface area contributed by atoms with E-state index < -0.39 is 5.97 Å². The van der Waals surface area contributed by atoms with Gasteiger partial charge in [0, 0.05) is 16.9 Å². The Bertz CT molecular complexity index is 355. The van der Waals surface area contributed by atoms with Gasteiger partial charge >= 0.3 is 12.2 Å². The van der Waals surface area contributed by atoms with Crippen molar-refractivity contribution in [3.05, 3.63) is 29.8 Å². The van der Waals surface area contributed by atoms with Gasteiger partial charge in [0.2, 0.25) is 0 Å². The monoisotopic (exact) mass is 224 g/mol. The lowest BCUT2D eigenvalue weighted by Gasteiger charge is -1.96. The summed E-state index contributed by atoms with van der Waals surface area (Å²) in [5.74, 6) is -1.05. The lowest BCUT2D eigenvalue weighted by molar-refractivity contribution is -0.716. The first-order chi connectivity index (χ1) is 7.63. The van der Waals surface area contributed by atoms with Crippen LogP contribution in [0.5, 0.6) is 0 Å². The average molecular weight is 224 g/mol. The average Bonchev–Trinajstić information content (AvgIpc) is 2.29. The van der Waals surface area contributed by atoms with Crippen LogP contribution in [0.15, 0.2) is 24.3 Å². The van der Waals surface area contributed by atoms with Gasteiger partial charge in [-0.15, -0.1) is 0 Å². The molecule has 0 amide bonds. The first-order valence-corrected chi connectivity index (χ1v) is 5.11. The standard InChI is InChI=1S/C10H11NO3.C2H6/c1-8-3-5-9(6-4-8)11(14-2)7-10(12)13;1-2/h3-7H,1-2H3;1-2H3/p+1/b11-7-;. The first kappa shape index (κ1) is 14.2. The molecule has 0 heterocycles. The van der Waals surface area contributed by atoms with Crippen molar-refractivity contribution < 1.29 is 19.5 Å². The van der Waals surface area contributed by atoms with Crippen LogP contribution >= 0.6 is 0 Å². The lowest BCUT2D eigenvalue weighted by Crippen LogP contribution is -2.11. The van der Waals surface area contributed by atoms with Gasteiger partial charge in [0.1, 0.15) is 7.11 Å². The van der Waals surface area contributed by atoms with Gasteiger partial charge < -0.3 is 5.11 Å². The van der Waals surface area contributed by atoms with Gasteiger partial charge in [0.05, 0.1) is 0 Å². The van der Waals surface area contributed by atoms with Crippen molar-refractivity contribution in [3.63, 3.8) is 0 Å². The normalized spacial score (nSPS) is 10.1. The fourth-order valence-corrected chi connectivity index (χ4v) is 1.02. The van der Waals surface area contributed by atoms with Crippen LogP contribution in [0.4, 0.5) is 5.69 Å². The smallest absolute Gasteiger partial charge is 0.398 e. The SMILES string of the molecule is CC.CO/[N+](=C\C(=O)O)c1ccc(C)cc1. The van der Waals surface area contributed by atoms with Gasteiger partial charge in [-0.25, -0.2) is 4.79 Å². The molecule has 0 saturated heterocycles. The van der Waals surface area contributed by atoms with Crippen molar-refractivity contribution in [1.82, 2.24) is 0 Å². The number of aliphatic carboxylic acids is 1. The molecule has 0 bridgehead atoms. The Kier molecular flexibility index (Phi) is 6.59. The lowest BCUT2D eigenvalue weighted by atomic mass is 10.2. The number of rotatable bonds is 3. The van der Waals surface area contributed by atoms with E-state index in [-0.39, 0.29) is 0 Å².